The highest BCUT2D eigenvalue weighted by molar-refractivity contribution is 9.10. The molecule has 0 aromatic carbocycles. The van der Waals surface area contributed by atoms with E-state index in [2.05, 4.69) is 26.1 Å². The van der Waals surface area contributed by atoms with E-state index in [1.165, 1.54) is 0 Å². The molecular weight excluding hydrogens is 222 g/mol. The predicted octanol–water partition coefficient (Wildman–Crippen LogP) is 1.50. The van der Waals surface area contributed by atoms with Crippen molar-refractivity contribution >= 4 is 21.6 Å². The molecule has 2 heterocycles. The normalized spacial score (nSPS) is 10.5. The van der Waals surface area contributed by atoms with Crippen molar-refractivity contribution in [1.82, 2.24) is 14.6 Å². The van der Waals surface area contributed by atoms with Crippen LogP contribution in [0.5, 0.6) is 5.75 Å². The lowest BCUT2D eigenvalue weighted by atomic mass is 10.4. The summed E-state index contributed by atoms with van der Waals surface area (Å²) in [5.74, 6) is 0.760. The Morgan fingerprint density at radius 3 is 3.17 bits per heavy atom. The van der Waals surface area contributed by atoms with Crippen LogP contribution in [0.2, 0.25) is 0 Å². The number of ether oxygens (including phenoxy) is 1. The molecule has 4 nitrogen and oxygen atoms in total. The summed E-state index contributed by atoms with van der Waals surface area (Å²) in [6, 6.07) is 1.85. The van der Waals surface area contributed by atoms with Crippen LogP contribution in [0.4, 0.5) is 0 Å². The van der Waals surface area contributed by atoms with Crippen molar-refractivity contribution < 1.29 is 4.74 Å². The van der Waals surface area contributed by atoms with Gasteiger partial charge in [0.1, 0.15) is 16.5 Å². The van der Waals surface area contributed by atoms with Crippen LogP contribution in [0.3, 0.4) is 0 Å². The molecular formula is C7H6BrN3O. The molecule has 0 atom stereocenters. The zero-order valence-corrected chi connectivity index (χ0v) is 7.95. The first kappa shape index (κ1) is 7.54. The maximum Gasteiger partial charge on any atom is 0.178 e. The smallest absolute Gasteiger partial charge is 0.178 e. The fourth-order valence-corrected chi connectivity index (χ4v) is 1.58. The SMILES string of the molecule is COc1ccn2cnnc2c1Br. The summed E-state index contributed by atoms with van der Waals surface area (Å²) in [7, 11) is 1.62. The van der Waals surface area contributed by atoms with Gasteiger partial charge in [-0.05, 0) is 22.0 Å². The van der Waals surface area contributed by atoms with Crippen LogP contribution in [0.25, 0.3) is 5.65 Å². The number of rotatable bonds is 1. The number of methoxy groups -OCH3 is 1. The van der Waals surface area contributed by atoms with Crippen molar-refractivity contribution in [3.05, 3.63) is 23.1 Å². The van der Waals surface area contributed by atoms with Crippen LogP contribution >= 0.6 is 15.9 Å². The Morgan fingerprint density at radius 2 is 2.42 bits per heavy atom. The Kier molecular flexibility index (Phi) is 1.73. The number of aromatic nitrogens is 3. The minimum absolute atomic E-state index is 0.759. The summed E-state index contributed by atoms with van der Waals surface area (Å²) in [5.41, 5.74) is 0.759. The van der Waals surface area contributed by atoms with Crippen LogP contribution in [-0.2, 0) is 0 Å². The van der Waals surface area contributed by atoms with Crippen LogP contribution in [-0.4, -0.2) is 21.7 Å². The fraction of sp³-hybridized carbons (Fsp3) is 0.143. The zero-order chi connectivity index (χ0) is 8.55. The standard InChI is InChI=1S/C7H6BrN3O/c1-12-5-2-3-11-4-9-10-7(11)6(5)8/h2-4H,1H3. The van der Waals surface area contributed by atoms with Gasteiger partial charge in [0, 0.05) is 6.20 Å². The highest BCUT2D eigenvalue weighted by Gasteiger charge is 2.05. The van der Waals surface area contributed by atoms with E-state index in [1.54, 1.807) is 13.4 Å². The predicted molar refractivity (Wildman–Crippen MR) is 47.2 cm³/mol. The molecule has 2 aromatic heterocycles. The van der Waals surface area contributed by atoms with Crippen molar-refractivity contribution in [3.63, 3.8) is 0 Å². The Bertz CT molecular complexity index is 412. The number of hydrogen-bond donors (Lipinski definition) is 0. The molecule has 0 unspecified atom stereocenters. The van der Waals surface area contributed by atoms with Gasteiger partial charge in [-0.15, -0.1) is 10.2 Å². The second kappa shape index (κ2) is 2.75. The second-order valence-electron chi connectivity index (χ2n) is 2.26. The van der Waals surface area contributed by atoms with Crippen LogP contribution in [0.15, 0.2) is 23.1 Å². The van der Waals surface area contributed by atoms with E-state index < -0.39 is 0 Å². The van der Waals surface area contributed by atoms with E-state index in [0.717, 1.165) is 15.9 Å². The summed E-state index contributed by atoms with van der Waals surface area (Å²) in [5, 5.41) is 7.68. The minimum Gasteiger partial charge on any atom is -0.495 e. The lowest BCUT2D eigenvalue weighted by Crippen LogP contribution is -1.89. The summed E-state index contributed by atoms with van der Waals surface area (Å²) < 4.78 is 7.73. The monoisotopic (exact) mass is 227 g/mol. The molecule has 2 rings (SSSR count). The van der Waals surface area contributed by atoms with Gasteiger partial charge in [-0.3, -0.25) is 4.40 Å². The first-order chi connectivity index (χ1) is 5.83. The van der Waals surface area contributed by atoms with Gasteiger partial charge in [-0.1, -0.05) is 0 Å². The van der Waals surface area contributed by atoms with E-state index in [0.29, 0.717) is 0 Å². The Morgan fingerprint density at radius 1 is 1.58 bits per heavy atom. The Labute approximate surface area is 77.3 Å². The highest BCUT2D eigenvalue weighted by atomic mass is 79.9. The molecule has 0 N–H and O–H groups in total. The van der Waals surface area contributed by atoms with Gasteiger partial charge < -0.3 is 4.74 Å². The maximum atomic E-state index is 5.09. The Hall–Kier alpha value is -1.10. The Balaban J connectivity index is 2.78. The van der Waals surface area contributed by atoms with Crippen LogP contribution in [0, 0.1) is 0 Å². The van der Waals surface area contributed by atoms with E-state index in [9.17, 15) is 0 Å². The largest absolute Gasteiger partial charge is 0.495 e. The molecule has 5 heteroatoms. The van der Waals surface area contributed by atoms with Crippen molar-refractivity contribution in [1.29, 1.82) is 0 Å². The topological polar surface area (TPSA) is 39.4 Å². The summed E-state index contributed by atoms with van der Waals surface area (Å²) in [6.07, 6.45) is 3.48. The second-order valence-corrected chi connectivity index (χ2v) is 3.05. The zero-order valence-electron chi connectivity index (χ0n) is 6.36. The third-order valence-electron chi connectivity index (χ3n) is 1.59. The molecule has 0 spiro atoms. The highest BCUT2D eigenvalue weighted by Crippen LogP contribution is 2.27. The first-order valence-electron chi connectivity index (χ1n) is 3.35. The number of nitrogens with zero attached hydrogens (tertiary/aromatic N) is 3. The average molecular weight is 228 g/mol. The third-order valence-corrected chi connectivity index (χ3v) is 2.34. The van der Waals surface area contributed by atoms with E-state index in [-0.39, 0.29) is 0 Å². The van der Waals surface area contributed by atoms with Gasteiger partial charge in [-0.25, -0.2) is 0 Å². The van der Waals surface area contributed by atoms with Crippen molar-refractivity contribution in [2.45, 2.75) is 0 Å². The lowest BCUT2D eigenvalue weighted by Gasteiger charge is -2.02. The molecule has 0 radical (unpaired) electrons. The van der Waals surface area contributed by atoms with Gasteiger partial charge >= 0.3 is 0 Å². The molecule has 0 saturated carbocycles. The molecule has 0 bridgehead atoms. The van der Waals surface area contributed by atoms with Gasteiger partial charge in [0.15, 0.2) is 5.65 Å². The number of pyridine rings is 1. The third kappa shape index (κ3) is 0.972. The van der Waals surface area contributed by atoms with Crippen molar-refractivity contribution in [2.24, 2.45) is 0 Å². The number of hydrogen-bond acceptors (Lipinski definition) is 3. The van der Waals surface area contributed by atoms with E-state index >= 15 is 0 Å². The van der Waals surface area contributed by atoms with E-state index in [4.69, 9.17) is 4.74 Å². The first-order valence-corrected chi connectivity index (χ1v) is 4.14. The van der Waals surface area contributed by atoms with Gasteiger partial charge in [0.2, 0.25) is 0 Å². The number of halogens is 1. The molecule has 0 saturated heterocycles. The van der Waals surface area contributed by atoms with Crippen LogP contribution < -0.4 is 4.74 Å². The fourth-order valence-electron chi connectivity index (χ4n) is 0.998. The van der Waals surface area contributed by atoms with Crippen LogP contribution in [0.1, 0.15) is 0 Å². The van der Waals surface area contributed by atoms with Gasteiger partial charge in [0.05, 0.1) is 7.11 Å². The summed E-state index contributed by atoms with van der Waals surface area (Å²) >= 11 is 3.37. The summed E-state index contributed by atoms with van der Waals surface area (Å²) in [4.78, 5) is 0. The van der Waals surface area contributed by atoms with Crippen molar-refractivity contribution in [3.8, 4) is 5.75 Å². The molecule has 0 amide bonds. The minimum atomic E-state index is 0.759. The van der Waals surface area contributed by atoms with Gasteiger partial charge in [0.25, 0.3) is 0 Å². The lowest BCUT2D eigenvalue weighted by molar-refractivity contribution is 0.412. The molecule has 2 aromatic rings. The maximum absolute atomic E-state index is 5.09. The molecule has 0 aliphatic rings. The van der Waals surface area contributed by atoms with Gasteiger partial charge in [-0.2, -0.15) is 0 Å². The molecule has 0 aliphatic heterocycles. The molecule has 12 heavy (non-hydrogen) atoms. The van der Waals surface area contributed by atoms with Crippen molar-refractivity contribution in [2.75, 3.05) is 7.11 Å². The molecule has 0 fully saturated rings. The molecule has 62 valence electrons. The van der Waals surface area contributed by atoms with E-state index in [1.807, 2.05) is 16.7 Å². The molecule has 0 aliphatic carbocycles. The quantitative estimate of drug-likeness (QED) is 0.742. The average Bonchev–Trinajstić information content (AvgIpc) is 2.53. The number of fused-ring (bicyclic) bond motifs is 1. The summed E-state index contributed by atoms with van der Waals surface area (Å²) in [6.45, 7) is 0.